The van der Waals surface area contributed by atoms with Gasteiger partial charge in [0.1, 0.15) is 0 Å². The molecule has 0 heterocycles. The Morgan fingerprint density at radius 3 is 2.64 bits per heavy atom. The minimum absolute atomic E-state index is 0.0179. The fraction of sp³-hybridized carbons (Fsp3) is 0.125. The predicted molar refractivity (Wildman–Crippen MR) is 50.7 cm³/mol. The number of rotatable bonds is 1. The zero-order valence-electron chi connectivity index (χ0n) is 5.82. The van der Waals surface area contributed by atoms with E-state index < -0.39 is 0 Å². The Balaban J connectivity index is 3.20. The van der Waals surface area contributed by atoms with Crippen LogP contribution >= 0.6 is 31.9 Å². The van der Waals surface area contributed by atoms with Crippen LogP contribution < -0.4 is 0 Å². The quantitative estimate of drug-likeness (QED) is 0.720. The Labute approximate surface area is 82.1 Å². The van der Waals surface area contributed by atoms with Crippen molar-refractivity contribution in [1.82, 2.24) is 0 Å². The van der Waals surface area contributed by atoms with Crippen LogP contribution in [0.2, 0.25) is 0 Å². The molecule has 0 aromatic heterocycles. The summed E-state index contributed by atoms with van der Waals surface area (Å²) in [6.07, 6.45) is 0. The number of halogens is 2. The normalized spacial score (nSPS) is 9.73. The SMILES string of the molecule is CC(=O)c1[c]cc(Br)cc1Br. The van der Waals surface area contributed by atoms with Crippen LogP contribution in [0.1, 0.15) is 17.3 Å². The van der Waals surface area contributed by atoms with E-state index in [-0.39, 0.29) is 5.78 Å². The van der Waals surface area contributed by atoms with Gasteiger partial charge in [-0.3, -0.25) is 4.79 Å². The van der Waals surface area contributed by atoms with Crippen LogP contribution in [0, 0.1) is 6.07 Å². The van der Waals surface area contributed by atoms with Gasteiger partial charge in [-0.15, -0.1) is 0 Å². The summed E-state index contributed by atoms with van der Waals surface area (Å²) < 4.78 is 1.69. The van der Waals surface area contributed by atoms with E-state index in [1.54, 1.807) is 6.07 Å². The first-order valence-electron chi connectivity index (χ1n) is 2.99. The molecule has 11 heavy (non-hydrogen) atoms. The molecule has 0 aliphatic carbocycles. The van der Waals surface area contributed by atoms with Crippen LogP contribution in [0.25, 0.3) is 0 Å². The summed E-state index contributed by atoms with van der Waals surface area (Å²) in [5.74, 6) is 0.0179. The fourth-order valence-corrected chi connectivity index (χ4v) is 2.01. The van der Waals surface area contributed by atoms with Gasteiger partial charge in [-0.05, 0) is 41.1 Å². The summed E-state index contributed by atoms with van der Waals surface area (Å²) in [4.78, 5) is 10.9. The van der Waals surface area contributed by atoms with E-state index in [1.165, 1.54) is 6.92 Å². The molecule has 0 saturated carbocycles. The number of benzene rings is 1. The zero-order valence-corrected chi connectivity index (χ0v) is 8.99. The maximum atomic E-state index is 10.9. The summed E-state index contributed by atoms with van der Waals surface area (Å²) in [7, 11) is 0. The van der Waals surface area contributed by atoms with Gasteiger partial charge in [0.15, 0.2) is 5.78 Å². The van der Waals surface area contributed by atoms with Crippen LogP contribution in [0.15, 0.2) is 21.1 Å². The number of hydrogen-bond donors (Lipinski definition) is 0. The first kappa shape index (κ1) is 8.94. The van der Waals surface area contributed by atoms with Gasteiger partial charge in [0.2, 0.25) is 0 Å². The molecular weight excluding hydrogens is 272 g/mol. The maximum Gasteiger partial charge on any atom is 0.161 e. The van der Waals surface area contributed by atoms with Crippen molar-refractivity contribution in [2.24, 2.45) is 0 Å². The van der Waals surface area contributed by atoms with Gasteiger partial charge < -0.3 is 0 Å². The van der Waals surface area contributed by atoms with Crippen LogP contribution in [-0.2, 0) is 0 Å². The Morgan fingerprint density at radius 2 is 2.18 bits per heavy atom. The third kappa shape index (κ3) is 2.14. The second-order valence-corrected chi connectivity index (χ2v) is 3.87. The van der Waals surface area contributed by atoms with E-state index in [9.17, 15) is 4.79 Å². The molecule has 3 heteroatoms. The highest BCUT2D eigenvalue weighted by Gasteiger charge is 2.04. The van der Waals surface area contributed by atoms with Crippen molar-refractivity contribution in [2.45, 2.75) is 6.92 Å². The van der Waals surface area contributed by atoms with Crippen LogP contribution in [0.4, 0.5) is 0 Å². The third-order valence-corrected chi connectivity index (χ3v) is 2.29. The molecule has 0 unspecified atom stereocenters. The summed E-state index contributed by atoms with van der Waals surface area (Å²) >= 11 is 6.54. The van der Waals surface area contributed by atoms with Crippen molar-refractivity contribution in [3.05, 3.63) is 32.7 Å². The van der Waals surface area contributed by atoms with Gasteiger partial charge in [0, 0.05) is 14.5 Å². The van der Waals surface area contributed by atoms with Crippen molar-refractivity contribution in [3.8, 4) is 0 Å². The molecular formula is C8H5Br2O. The van der Waals surface area contributed by atoms with Gasteiger partial charge in [0.05, 0.1) is 0 Å². The lowest BCUT2D eigenvalue weighted by atomic mass is 10.2. The number of carbonyl (C=O) groups excluding carboxylic acids is 1. The highest BCUT2D eigenvalue weighted by atomic mass is 79.9. The summed E-state index contributed by atoms with van der Waals surface area (Å²) in [6.45, 7) is 1.52. The number of carbonyl (C=O) groups is 1. The molecule has 0 bridgehead atoms. The number of hydrogen-bond acceptors (Lipinski definition) is 1. The molecule has 1 radical (unpaired) electrons. The lowest BCUT2D eigenvalue weighted by Gasteiger charge is -1.98. The van der Waals surface area contributed by atoms with Crippen molar-refractivity contribution >= 4 is 37.6 Å². The van der Waals surface area contributed by atoms with Gasteiger partial charge in [-0.25, -0.2) is 0 Å². The minimum Gasteiger partial charge on any atom is -0.294 e. The second-order valence-electron chi connectivity index (χ2n) is 2.10. The van der Waals surface area contributed by atoms with Gasteiger partial charge >= 0.3 is 0 Å². The van der Waals surface area contributed by atoms with E-state index in [1.807, 2.05) is 6.07 Å². The van der Waals surface area contributed by atoms with Gasteiger partial charge in [-0.2, -0.15) is 0 Å². The molecule has 0 spiro atoms. The zero-order chi connectivity index (χ0) is 8.43. The molecule has 0 amide bonds. The second kappa shape index (κ2) is 3.50. The van der Waals surface area contributed by atoms with E-state index in [2.05, 4.69) is 37.9 Å². The average molecular weight is 277 g/mol. The lowest BCUT2D eigenvalue weighted by Crippen LogP contribution is -1.92. The van der Waals surface area contributed by atoms with Crippen molar-refractivity contribution < 1.29 is 4.79 Å². The highest BCUT2D eigenvalue weighted by molar-refractivity contribution is 9.11. The van der Waals surface area contributed by atoms with E-state index >= 15 is 0 Å². The molecule has 0 atom stereocenters. The van der Waals surface area contributed by atoms with Crippen molar-refractivity contribution in [3.63, 3.8) is 0 Å². The molecule has 1 nitrogen and oxygen atoms in total. The largest absolute Gasteiger partial charge is 0.294 e. The van der Waals surface area contributed by atoms with E-state index in [0.717, 1.165) is 8.95 Å². The topological polar surface area (TPSA) is 17.1 Å². The van der Waals surface area contributed by atoms with Crippen molar-refractivity contribution in [1.29, 1.82) is 0 Å². The van der Waals surface area contributed by atoms with E-state index in [0.29, 0.717) is 5.56 Å². The maximum absolute atomic E-state index is 10.9. The van der Waals surface area contributed by atoms with E-state index in [4.69, 9.17) is 0 Å². The van der Waals surface area contributed by atoms with Crippen molar-refractivity contribution in [2.75, 3.05) is 0 Å². The van der Waals surface area contributed by atoms with Crippen LogP contribution in [0.5, 0.6) is 0 Å². The molecule has 0 aliphatic rings. The predicted octanol–water partition coefficient (Wildman–Crippen LogP) is 3.21. The summed E-state index contributed by atoms with van der Waals surface area (Å²) in [5.41, 5.74) is 0.591. The Hall–Kier alpha value is -0.150. The first-order chi connectivity index (χ1) is 5.11. The summed E-state index contributed by atoms with van der Waals surface area (Å²) in [6, 6.07) is 6.41. The Kier molecular flexibility index (Phi) is 2.84. The standard InChI is InChI=1S/C8H5Br2O/c1-5(11)7-3-2-6(9)4-8(7)10/h2,4H,1H3. The Morgan fingerprint density at radius 1 is 1.55 bits per heavy atom. The molecule has 1 aromatic carbocycles. The average Bonchev–Trinajstić information content (AvgIpc) is 1.85. The number of Topliss-reactive ketones (excluding diaryl/α,β-unsaturated/α-hetero) is 1. The molecule has 0 N–H and O–H groups in total. The molecule has 0 fully saturated rings. The highest BCUT2D eigenvalue weighted by Crippen LogP contribution is 2.21. The molecule has 1 rings (SSSR count). The smallest absolute Gasteiger partial charge is 0.161 e. The molecule has 1 aromatic rings. The van der Waals surface area contributed by atoms with Crippen LogP contribution in [-0.4, -0.2) is 5.78 Å². The Bertz CT molecular complexity index is 294. The molecule has 0 aliphatic heterocycles. The first-order valence-corrected chi connectivity index (χ1v) is 4.57. The lowest BCUT2D eigenvalue weighted by molar-refractivity contribution is 0.101. The monoisotopic (exact) mass is 275 g/mol. The number of ketones is 1. The molecule has 57 valence electrons. The summed E-state index contributed by atoms with van der Waals surface area (Å²) in [5, 5.41) is 0. The minimum atomic E-state index is 0.0179. The van der Waals surface area contributed by atoms with Gasteiger partial charge in [0.25, 0.3) is 0 Å². The van der Waals surface area contributed by atoms with Gasteiger partial charge in [-0.1, -0.05) is 15.9 Å². The third-order valence-electron chi connectivity index (χ3n) is 1.21. The fourth-order valence-electron chi connectivity index (χ4n) is 0.715. The molecule has 0 saturated heterocycles. The van der Waals surface area contributed by atoms with Crippen LogP contribution in [0.3, 0.4) is 0 Å².